The first-order valence-electron chi connectivity index (χ1n) is 9.15. The fourth-order valence-corrected chi connectivity index (χ4v) is 4.10. The van der Waals surface area contributed by atoms with Crippen molar-refractivity contribution in [1.82, 2.24) is 4.90 Å². The topological polar surface area (TPSA) is 75.5 Å². The summed E-state index contributed by atoms with van der Waals surface area (Å²) < 4.78 is 0. The van der Waals surface area contributed by atoms with Gasteiger partial charge in [-0.1, -0.05) is 24.3 Å². The standard InChI is InChI=1S/C21H23N3O3S/c1-16-14-17(15-23-10-12-28-13-11-23)6-8-19(16)22-21(25)9-7-18-4-2-3-5-20(18)24(26)27/h2-9,14H,10-13,15H2,1H3,(H,22,25). The van der Waals surface area contributed by atoms with Crippen molar-refractivity contribution in [2.75, 3.05) is 29.9 Å². The lowest BCUT2D eigenvalue weighted by Crippen LogP contribution is -2.31. The SMILES string of the molecule is Cc1cc(CN2CCSCC2)ccc1NC(=O)C=Cc1ccccc1[N+](=O)[O-]. The molecule has 0 spiro atoms. The Kier molecular flexibility index (Phi) is 6.84. The molecule has 7 heteroatoms. The van der Waals surface area contributed by atoms with Crippen molar-refractivity contribution in [2.24, 2.45) is 0 Å². The van der Waals surface area contributed by atoms with Gasteiger partial charge in [0.15, 0.2) is 0 Å². The molecule has 146 valence electrons. The predicted octanol–water partition coefficient (Wildman–Crippen LogP) is 4.10. The van der Waals surface area contributed by atoms with Gasteiger partial charge >= 0.3 is 0 Å². The molecule has 1 N–H and O–H groups in total. The van der Waals surface area contributed by atoms with Crippen molar-refractivity contribution in [1.29, 1.82) is 0 Å². The van der Waals surface area contributed by atoms with Gasteiger partial charge in [0.2, 0.25) is 5.91 Å². The number of benzene rings is 2. The summed E-state index contributed by atoms with van der Waals surface area (Å²) in [4.78, 5) is 25.3. The molecular formula is C21H23N3O3S. The number of thioether (sulfide) groups is 1. The number of hydrogen-bond acceptors (Lipinski definition) is 5. The monoisotopic (exact) mass is 397 g/mol. The molecule has 1 fully saturated rings. The third-order valence-electron chi connectivity index (χ3n) is 4.61. The van der Waals surface area contributed by atoms with E-state index in [1.807, 2.05) is 30.8 Å². The molecule has 0 unspecified atom stereocenters. The van der Waals surface area contributed by atoms with E-state index in [0.29, 0.717) is 5.56 Å². The Labute approximate surface area is 168 Å². The zero-order valence-corrected chi connectivity index (χ0v) is 16.6. The molecule has 0 saturated carbocycles. The number of nitro groups is 1. The Balaban J connectivity index is 1.63. The molecular weight excluding hydrogens is 374 g/mol. The lowest BCUT2D eigenvalue weighted by Gasteiger charge is -2.26. The minimum Gasteiger partial charge on any atom is -0.322 e. The summed E-state index contributed by atoms with van der Waals surface area (Å²) in [5, 5.41) is 13.9. The highest BCUT2D eigenvalue weighted by atomic mass is 32.2. The number of hydrogen-bond donors (Lipinski definition) is 1. The van der Waals surface area contributed by atoms with Gasteiger partial charge in [0.05, 0.1) is 10.5 Å². The van der Waals surface area contributed by atoms with Crippen LogP contribution in [0.3, 0.4) is 0 Å². The third-order valence-corrected chi connectivity index (χ3v) is 5.55. The van der Waals surface area contributed by atoms with Crippen LogP contribution in [-0.4, -0.2) is 40.3 Å². The smallest absolute Gasteiger partial charge is 0.276 e. The first-order valence-corrected chi connectivity index (χ1v) is 10.3. The van der Waals surface area contributed by atoms with E-state index in [4.69, 9.17) is 0 Å². The minimum absolute atomic E-state index is 0.0248. The van der Waals surface area contributed by atoms with Crippen LogP contribution in [0.15, 0.2) is 48.5 Å². The van der Waals surface area contributed by atoms with Crippen molar-refractivity contribution in [3.8, 4) is 0 Å². The maximum absolute atomic E-state index is 12.2. The molecule has 0 aromatic heterocycles. The average molecular weight is 398 g/mol. The Hall–Kier alpha value is -2.64. The summed E-state index contributed by atoms with van der Waals surface area (Å²) in [7, 11) is 0. The van der Waals surface area contributed by atoms with Crippen LogP contribution in [0.25, 0.3) is 6.08 Å². The second-order valence-electron chi connectivity index (χ2n) is 6.68. The number of rotatable bonds is 6. The van der Waals surface area contributed by atoms with Gasteiger partial charge < -0.3 is 5.32 Å². The zero-order chi connectivity index (χ0) is 19.9. The number of aryl methyl sites for hydroxylation is 1. The van der Waals surface area contributed by atoms with Gasteiger partial charge in [-0.3, -0.25) is 19.8 Å². The average Bonchev–Trinajstić information content (AvgIpc) is 2.69. The number of nitrogens with zero attached hydrogens (tertiary/aromatic N) is 2. The lowest BCUT2D eigenvalue weighted by atomic mass is 10.1. The number of para-hydroxylation sites is 1. The molecule has 6 nitrogen and oxygen atoms in total. The van der Waals surface area contributed by atoms with E-state index in [9.17, 15) is 14.9 Å². The van der Waals surface area contributed by atoms with Gasteiger partial charge in [-0.25, -0.2) is 0 Å². The van der Waals surface area contributed by atoms with Crippen LogP contribution in [0.5, 0.6) is 0 Å². The largest absolute Gasteiger partial charge is 0.322 e. The van der Waals surface area contributed by atoms with Crippen LogP contribution < -0.4 is 5.32 Å². The number of amides is 1. The highest BCUT2D eigenvalue weighted by Gasteiger charge is 2.12. The van der Waals surface area contributed by atoms with Crippen molar-refractivity contribution in [3.05, 3.63) is 75.3 Å². The molecule has 2 aromatic carbocycles. The second-order valence-corrected chi connectivity index (χ2v) is 7.90. The Bertz CT molecular complexity index is 892. The number of nitro benzene ring substituents is 1. The van der Waals surface area contributed by atoms with Crippen molar-refractivity contribution in [3.63, 3.8) is 0 Å². The third kappa shape index (κ3) is 5.43. The fourth-order valence-electron chi connectivity index (χ4n) is 3.12. The van der Waals surface area contributed by atoms with Crippen LogP contribution in [0, 0.1) is 17.0 Å². The summed E-state index contributed by atoms with van der Waals surface area (Å²) in [6.07, 6.45) is 2.78. The molecule has 0 bridgehead atoms. The first-order chi connectivity index (χ1) is 13.5. The summed E-state index contributed by atoms with van der Waals surface area (Å²) in [5.74, 6) is 2.04. The van der Waals surface area contributed by atoms with E-state index in [1.165, 1.54) is 35.3 Å². The molecule has 0 radical (unpaired) electrons. The summed E-state index contributed by atoms with van der Waals surface area (Å²) >= 11 is 1.99. The molecule has 0 atom stereocenters. The summed E-state index contributed by atoms with van der Waals surface area (Å²) in [5.41, 5.74) is 3.35. The van der Waals surface area contributed by atoms with Crippen molar-refractivity contribution >= 4 is 35.1 Å². The molecule has 1 amide bonds. The molecule has 2 aromatic rings. The number of carbonyl (C=O) groups excluding carboxylic acids is 1. The number of anilines is 1. The molecule has 1 aliphatic rings. The molecule has 0 aliphatic carbocycles. The van der Waals surface area contributed by atoms with E-state index < -0.39 is 4.92 Å². The molecule has 3 rings (SSSR count). The van der Waals surface area contributed by atoms with Gasteiger partial charge in [0.25, 0.3) is 5.69 Å². The van der Waals surface area contributed by atoms with E-state index in [0.717, 1.165) is 30.9 Å². The number of nitrogens with one attached hydrogen (secondary N) is 1. The normalized spacial score (nSPS) is 14.9. The van der Waals surface area contributed by atoms with Gasteiger partial charge in [0.1, 0.15) is 0 Å². The Morgan fingerprint density at radius 1 is 1.25 bits per heavy atom. The summed E-state index contributed by atoms with van der Waals surface area (Å²) in [6, 6.07) is 12.4. The second kappa shape index (κ2) is 9.52. The minimum atomic E-state index is -0.457. The summed E-state index contributed by atoms with van der Waals surface area (Å²) in [6.45, 7) is 5.11. The van der Waals surface area contributed by atoms with Crippen LogP contribution >= 0.6 is 11.8 Å². The molecule has 1 aliphatic heterocycles. The molecule has 1 saturated heterocycles. The van der Waals surface area contributed by atoms with Crippen LogP contribution in [0.1, 0.15) is 16.7 Å². The fraction of sp³-hybridized carbons (Fsp3) is 0.286. The van der Waals surface area contributed by atoms with Crippen LogP contribution in [0.2, 0.25) is 0 Å². The highest BCUT2D eigenvalue weighted by molar-refractivity contribution is 7.99. The van der Waals surface area contributed by atoms with Gasteiger partial charge in [-0.2, -0.15) is 11.8 Å². The molecule has 28 heavy (non-hydrogen) atoms. The maximum Gasteiger partial charge on any atom is 0.276 e. The highest BCUT2D eigenvalue weighted by Crippen LogP contribution is 2.21. The number of carbonyl (C=O) groups is 1. The van der Waals surface area contributed by atoms with E-state index in [1.54, 1.807) is 18.2 Å². The van der Waals surface area contributed by atoms with Crippen molar-refractivity contribution < 1.29 is 9.72 Å². The van der Waals surface area contributed by atoms with E-state index in [-0.39, 0.29) is 11.6 Å². The lowest BCUT2D eigenvalue weighted by molar-refractivity contribution is -0.385. The van der Waals surface area contributed by atoms with Gasteiger partial charge in [0, 0.05) is 49.0 Å². The zero-order valence-electron chi connectivity index (χ0n) is 15.8. The first kappa shape index (κ1) is 20.1. The van der Waals surface area contributed by atoms with Gasteiger partial charge in [-0.05, 0) is 36.3 Å². The quantitative estimate of drug-likeness (QED) is 0.451. The van der Waals surface area contributed by atoms with E-state index >= 15 is 0 Å². The van der Waals surface area contributed by atoms with Crippen LogP contribution in [0.4, 0.5) is 11.4 Å². The maximum atomic E-state index is 12.2. The molecule has 1 heterocycles. The Morgan fingerprint density at radius 3 is 2.71 bits per heavy atom. The predicted molar refractivity (Wildman–Crippen MR) is 115 cm³/mol. The van der Waals surface area contributed by atoms with Gasteiger partial charge in [-0.15, -0.1) is 0 Å². The Morgan fingerprint density at radius 2 is 2.00 bits per heavy atom. The van der Waals surface area contributed by atoms with E-state index in [2.05, 4.69) is 16.3 Å². The van der Waals surface area contributed by atoms with Crippen molar-refractivity contribution in [2.45, 2.75) is 13.5 Å². The van der Waals surface area contributed by atoms with Crippen LogP contribution in [-0.2, 0) is 11.3 Å².